The van der Waals surface area contributed by atoms with Crippen LogP contribution in [-0.2, 0) is 4.74 Å². The molecule has 1 saturated heterocycles. The molecule has 0 amide bonds. The van der Waals surface area contributed by atoms with E-state index in [4.69, 9.17) is 9.26 Å². The molecule has 26 heavy (non-hydrogen) atoms. The van der Waals surface area contributed by atoms with Crippen LogP contribution in [0.1, 0.15) is 18.2 Å². The molecule has 9 heteroatoms. The van der Waals surface area contributed by atoms with Gasteiger partial charge in [0.15, 0.2) is 11.5 Å². The summed E-state index contributed by atoms with van der Waals surface area (Å²) in [5, 5.41) is 13.8. The molecule has 5 aromatic rings. The molecular formula is C17H13N7O2. The highest BCUT2D eigenvalue weighted by atomic mass is 16.5. The van der Waals surface area contributed by atoms with Gasteiger partial charge in [-0.25, -0.2) is 4.98 Å². The van der Waals surface area contributed by atoms with E-state index in [-0.39, 0.29) is 5.92 Å². The van der Waals surface area contributed by atoms with Gasteiger partial charge in [-0.1, -0.05) is 17.3 Å². The predicted molar refractivity (Wildman–Crippen MR) is 90.7 cm³/mol. The fraction of sp³-hybridized carbons (Fsp3) is 0.235. The molecule has 0 saturated carbocycles. The zero-order chi connectivity index (χ0) is 17.1. The lowest BCUT2D eigenvalue weighted by Gasteiger charge is -2.05. The van der Waals surface area contributed by atoms with Crippen LogP contribution in [0.5, 0.6) is 0 Å². The molecule has 0 spiro atoms. The van der Waals surface area contributed by atoms with Crippen molar-refractivity contribution in [2.24, 2.45) is 0 Å². The SMILES string of the molecule is c1ccc2c(c1)c1nnc(-c3nc(C4CCOC4)no3)n1c1cncn21. The molecule has 4 aromatic heterocycles. The van der Waals surface area contributed by atoms with E-state index >= 15 is 0 Å². The summed E-state index contributed by atoms with van der Waals surface area (Å²) in [6.45, 7) is 1.35. The Kier molecular flexibility index (Phi) is 2.72. The largest absolute Gasteiger partial charge is 0.381 e. The molecule has 1 aromatic carbocycles. The van der Waals surface area contributed by atoms with Gasteiger partial charge in [-0.15, -0.1) is 10.2 Å². The minimum Gasteiger partial charge on any atom is -0.381 e. The Labute approximate surface area is 146 Å². The van der Waals surface area contributed by atoms with Crippen molar-refractivity contribution >= 4 is 22.2 Å². The molecule has 0 aliphatic carbocycles. The van der Waals surface area contributed by atoms with Gasteiger partial charge in [0.1, 0.15) is 12.0 Å². The van der Waals surface area contributed by atoms with Crippen LogP contribution in [-0.4, -0.2) is 47.3 Å². The summed E-state index contributed by atoms with van der Waals surface area (Å²) in [4.78, 5) is 8.83. The first-order valence-electron chi connectivity index (χ1n) is 8.40. The van der Waals surface area contributed by atoms with Crippen molar-refractivity contribution in [2.45, 2.75) is 12.3 Å². The summed E-state index contributed by atoms with van der Waals surface area (Å²) >= 11 is 0. The number of nitrogens with zero attached hydrogens (tertiary/aromatic N) is 7. The third-order valence-electron chi connectivity index (χ3n) is 4.84. The number of hydrogen-bond acceptors (Lipinski definition) is 7. The molecule has 0 N–H and O–H groups in total. The Morgan fingerprint density at radius 3 is 3.04 bits per heavy atom. The van der Waals surface area contributed by atoms with Gasteiger partial charge in [-0.2, -0.15) is 4.98 Å². The minimum atomic E-state index is 0.169. The first-order valence-corrected chi connectivity index (χ1v) is 8.40. The number of ether oxygens (including phenoxy) is 1. The Morgan fingerprint density at radius 1 is 1.15 bits per heavy atom. The van der Waals surface area contributed by atoms with E-state index in [0.717, 1.165) is 35.2 Å². The lowest BCUT2D eigenvalue weighted by molar-refractivity contribution is 0.192. The van der Waals surface area contributed by atoms with E-state index in [9.17, 15) is 0 Å². The summed E-state index contributed by atoms with van der Waals surface area (Å²) in [7, 11) is 0. The highest BCUT2D eigenvalue weighted by Gasteiger charge is 2.26. The normalized spacial score (nSPS) is 17.8. The molecule has 128 valence electrons. The van der Waals surface area contributed by atoms with E-state index < -0.39 is 0 Å². The van der Waals surface area contributed by atoms with Crippen LogP contribution in [0, 0.1) is 0 Å². The number of hydrogen-bond donors (Lipinski definition) is 0. The van der Waals surface area contributed by atoms with Crippen molar-refractivity contribution < 1.29 is 9.26 Å². The van der Waals surface area contributed by atoms with Crippen LogP contribution in [0.4, 0.5) is 0 Å². The maximum atomic E-state index is 5.50. The first kappa shape index (κ1) is 13.9. The second-order valence-corrected chi connectivity index (χ2v) is 6.34. The molecule has 9 nitrogen and oxygen atoms in total. The fourth-order valence-electron chi connectivity index (χ4n) is 3.56. The zero-order valence-corrected chi connectivity index (χ0v) is 13.6. The smallest absolute Gasteiger partial charge is 0.296 e. The number of aromatic nitrogens is 7. The van der Waals surface area contributed by atoms with Gasteiger partial charge in [0.2, 0.25) is 5.82 Å². The van der Waals surface area contributed by atoms with Gasteiger partial charge >= 0.3 is 0 Å². The Hall–Kier alpha value is -3.33. The highest BCUT2D eigenvalue weighted by molar-refractivity contribution is 5.94. The minimum absolute atomic E-state index is 0.169. The predicted octanol–water partition coefficient (Wildman–Crippen LogP) is 2.08. The van der Waals surface area contributed by atoms with E-state index in [1.807, 2.05) is 33.1 Å². The second kappa shape index (κ2) is 5.09. The Morgan fingerprint density at radius 2 is 2.12 bits per heavy atom. The van der Waals surface area contributed by atoms with Crippen molar-refractivity contribution in [3.63, 3.8) is 0 Å². The fourth-order valence-corrected chi connectivity index (χ4v) is 3.56. The summed E-state index contributed by atoms with van der Waals surface area (Å²) in [6, 6.07) is 8.01. The molecule has 5 heterocycles. The number of fused-ring (bicyclic) bond motifs is 6. The van der Waals surface area contributed by atoms with Gasteiger partial charge in [0, 0.05) is 17.9 Å². The first-order chi connectivity index (χ1) is 12.9. The molecular weight excluding hydrogens is 334 g/mol. The van der Waals surface area contributed by atoms with Crippen molar-refractivity contribution in [1.82, 2.24) is 34.1 Å². The number of para-hydroxylation sites is 1. The van der Waals surface area contributed by atoms with Gasteiger partial charge in [0.25, 0.3) is 5.89 Å². The lowest BCUT2D eigenvalue weighted by Crippen LogP contribution is -2.00. The molecule has 1 atom stereocenters. The van der Waals surface area contributed by atoms with Gasteiger partial charge in [-0.3, -0.25) is 8.80 Å². The van der Waals surface area contributed by atoms with Crippen LogP contribution in [0.25, 0.3) is 33.9 Å². The summed E-state index contributed by atoms with van der Waals surface area (Å²) in [5.41, 5.74) is 2.58. The van der Waals surface area contributed by atoms with Crippen LogP contribution in [0.2, 0.25) is 0 Å². The summed E-state index contributed by atoms with van der Waals surface area (Å²) in [6.07, 6.45) is 4.45. The summed E-state index contributed by atoms with van der Waals surface area (Å²) in [5.74, 6) is 1.67. The average molecular weight is 347 g/mol. The second-order valence-electron chi connectivity index (χ2n) is 6.34. The molecule has 0 bridgehead atoms. The average Bonchev–Trinajstić information content (AvgIpc) is 3.47. The van der Waals surface area contributed by atoms with Crippen molar-refractivity contribution in [3.05, 3.63) is 42.6 Å². The standard InChI is InChI=1S/C17H13N7O2/c1-2-4-12-11(3-1)15-20-21-16(24(15)13-7-18-9-23(12)13)17-19-14(22-26-17)10-5-6-25-8-10/h1-4,7,9-10H,5-6,8H2. The van der Waals surface area contributed by atoms with Crippen LogP contribution >= 0.6 is 0 Å². The van der Waals surface area contributed by atoms with Crippen LogP contribution in [0.3, 0.4) is 0 Å². The quantitative estimate of drug-likeness (QED) is 0.482. The third-order valence-corrected chi connectivity index (χ3v) is 4.84. The monoisotopic (exact) mass is 347 g/mol. The third kappa shape index (κ3) is 1.80. The molecule has 1 aliphatic heterocycles. The molecule has 1 fully saturated rings. The molecule has 1 unspecified atom stereocenters. The molecule has 0 radical (unpaired) electrons. The highest BCUT2D eigenvalue weighted by Crippen LogP contribution is 2.28. The van der Waals surface area contributed by atoms with E-state index in [0.29, 0.717) is 24.1 Å². The lowest BCUT2D eigenvalue weighted by atomic mass is 10.1. The summed E-state index contributed by atoms with van der Waals surface area (Å²) < 4.78 is 14.8. The van der Waals surface area contributed by atoms with E-state index in [2.05, 4.69) is 25.3 Å². The van der Waals surface area contributed by atoms with Crippen molar-refractivity contribution in [1.29, 1.82) is 0 Å². The molecule has 6 rings (SSSR count). The van der Waals surface area contributed by atoms with Crippen LogP contribution in [0.15, 0.2) is 41.3 Å². The van der Waals surface area contributed by atoms with Gasteiger partial charge in [-0.05, 0) is 18.6 Å². The number of imidazole rings is 1. The number of benzene rings is 1. The van der Waals surface area contributed by atoms with Gasteiger partial charge in [0.05, 0.1) is 18.3 Å². The van der Waals surface area contributed by atoms with E-state index in [1.54, 1.807) is 12.5 Å². The maximum Gasteiger partial charge on any atom is 0.296 e. The molecule has 1 aliphatic rings. The van der Waals surface area contributed by atoms with Crippen LogP contribution < -0.4 is 0 Å². The topological polar surface area (TPSA) is 95.6 Å². The maximum absolute atomic E-state index is 5.50. The van der Waals surface area contributed by atoms with E-state index in [1.165, 1.54) is 0 Å². The Bertz CT molecular complexity index is 1260. The zero-order valence-electron chi connectivity index (χ0n) is 13.6. The van der Waals surface area contributed by atoms with Crippen molar-refractivity contribution in [3.8, 4) is 11.7 Å². The van der Waals surface area contributed by atoms with Gasteiger partial charge < -0.3 is 9.26 Å². The Balaban J connectivity index is 1.63. The van der Waals surface area contributed by atoms with Crippen molar-refractivity contribution in [2.75, 3.05) is 13.2 Å². The number of rotatable bonds is 2.